The van der Waals surface area contributed by atoms with Crippen molar-refractivity contribution in [3.05, 3.63) is 57.8 Å². The second kappa shape index (κ2) is 6.18. The van der Waals surface area contributed by atoms with Gasteiger partial charge in [0.25, 0.3) is 0 Å². The van der Waals surface area contributed by atoms with Gasteiger partial charge >= 0.3 is 0 Å². The van der Waals surface area contributed by atoms with Crippen molar-refractivity contribution in [1.82, 2.24) is 0 Å². The van der Waals surface area contributed by atoms with Gasteiger partial charge in [0.2, 0.25) is 0 Å². The highest BCUT2D eigenvalue weighted by Crippen LogP contribution is 2.31. The number of hydrogen-bond donors (Lipinski definition) is 0. The molecule has 0 radical (unpaired) electrons. The van der Waals surface area contributed by atoms with E-state index in [-0.39, 0.29) is 11.3 Å². The smallest absolute Gasteiger partial charge is 0.148 e. The zero-order valence-corrected chi connectivity index (χ0v) is 12.8. The minimum atomic E-state index is -0.586. The molecule has 2 nitrogen and oxygen atoms in total. The second-order valence-corrected chi connectivity index (χ2v) is 5.19. The molecule has 0 bridgehead atoms. The van der Waals surface area contributed by atoms with Crippen LogP contribution in [0.4, 0.5) is 4.39 Å². The molecule has 0 aromatic heterocycles. The van der Waals surface area contributed by atoms with Crippen molar-refractivity contribution in [1.29, 1.82) is 5.26 Å². The van der Waals surface area contributed by atoms with Gasteiger partial charge in [0.1, 0.15) is 28.9 Å². The molecule has 0 aliphatic rings. The Bertz CT molecular complexity index is 652. The number of rotatable bonds is 3. The lowest BCUT2D eigenvalue weighted by Crippen LogP contribution is -1.94. The Morgan fingerprint density at radius 2 is 2.00 bits per heavy atom. The Morgan fingerprint density at radius 3 is 2.68 bits per heavy atom. The van der Waals surface area contributed by atoms with Gasteiger partial charge in [0.15, 0.2) is 0 Å². The molecule has 0 saturated carbocycles. The second-order valence-electron chi connectivity index (χ2n) is 3.71. The molecule has 2 rings (SSSR count). The highest BCUT2D eigenvalue weighted by molar-refractivity contribution is 9.10. The van der Waals surface area contributed by atoms with Gasteiger partial charge in [-0.15, -0.1) is 0 Å². The van der Waals surface area contributed by atoms with E-state index < -0.39 is 5.82 Å². The van der Waals surface area contributed by atoms with E-state index in [9.17, 15) is 4.39 Å². The predicted molar refractivity (Wildman–Crippen MR) is 78.0 cm³/mol. The fraction of sp³-hybridized carbons (Fsp3) is 0.0714. The lowest BCUT2D eigenvalue weighted by atomic mass is 10.2. The van der Waals surface area contributed by atoms with Crippen LogP contribution in [0.5, 0.6) is 11.5 Å². The van der Waals surface area contributed by atoms with Crippen LogP contribution < -0.4 is 4.74 Å². The first kappa shape index (κ1) is 14.0. The molecule has 0 N–H and O–H groups in total. The van der Waals surface area contributed by atoms with E-state index in [2.05, 4.69) is 31.9 Å². The highest BCUT2D eigenvalue weighted by Gasteiger charge is 2.11. The first-order chi connectivity index (χ1) is 9.15. The molecule has 0 atom stereocenters. The van der Waals surface area contributed by atoms with Crippen molar-refractivity contribution in [3.8, 4) is 17.6 Å². The van der Waals surface area contributed by atoms with Crippen molar-refractivity contribution < 1.29 is 9.13 Å². The SMILES string of the molecule is N#Cc1c(F)cccc1Oc1ccc(Br)cc1CBr. The standard InChI is InChI=1S/C14H8Br2FNO/c15-7-9-6-10(16)4-5-13(9)19-14-3-1-2-12(17)11(14)8-18/h1-6H,7H2. The van der Waals surface area contributed by atoms with Gasteiger partial charge in [-0.05, 0) is 30.3 Å². The van der Waals surface area contributed by atoms with Gasteiger partial charge in [-0.2, -0.15) is 5.26 Å². The van der Waals surface area contributed by atoms with Crippen molar-refractivity contribution >= 4 is 31.9 Å². The summed E-state index contributed by atoms with van der Waals surface area (Å²) in [5, 5.41) is 9.56. The molecule has 0 amide bonds. The van der Waals surface area contributed by atoms with Gasteiger partial charge in [-0.25, -0.2) is 4.39 Å². The average molecular weight is 385 g/mol. The summed E-state index contributed by atoms with van der Waals surface area (Å²) >= 11 is 6.74. The van der Waals surface area contributed by atoms with Crippen LogP contribution in [0.15, 0.2) is 40.9 Å². The number of alkyl halides is 1. The van der Waals surface area contributed by atoms with Crippen molar-refractivity contribution in [2.45, 2.75) is 5.33 Å². The lowest BCUT2D eigenvalue weighted by molar-refractivity contribution is 0.470. The molecular weight excluding hydrogens is 377 g/mol. The number of benzene rings is 2. The zero-order valence-electron chi connectivity index (χ0n) is 9.66. The first-order valence-corrected chi connectivity index (χ1v) is 7.28. The zero-order chi connectivity index (χ0) is 13.8. The summed E-state index contributed by atoms with van der Waals surface area (Å²) in [5.74, 6) is 0.215. The fourth-order valence-corrected chi connectivity index (χ4v) is 2.42. The van der Waals surface area contributed by atoms with E-state index in [1.54, 1.807) is 12.1 Å². The van der Waals surface area contributed by atoms with Crippen molar-refractivity contribution in [2.24, 2.45) is 0 Å². The number of nitriles is 1. The van der Waals surface area contributed by atoms with Crippen LogP contribution in [0.25, 0.3) is 0 Å². The van der Waals surface area contributed by atoms with Crippen LogP contribution in [0.1, 0.15) is 11.1 Å². The number of hydrogen-bond acceptors (Lipinski definition) is 2. The molecular formula is C14H8Br2FNO. The molecule has 0 aliphatic carbocycles. The molecule has 0 heterocycles. The van der Waals surface area contributed by atoms with Gasteiger partial charge in [-0.1, -0.05) is 37.9 Å². The summed E-state index contributed by atoms with van der Waals surface area (Å²) in [6, 6.07) is 11.6. The molecule has 0 aliphatic heterocycles. The van der Waals surface area contributed by atoms with Gasteiger partial charge in [0.05, 0.1) is 0 Å². The monoisotopic (exact) mass is 383 g/mol. The molecule has 19 heavy (non-hydrogen) atoms. The first-order valence-electron chi connectivity index (χ1n) is 5.36. The summed E-state index contributed by atoms with van der Waals surface area (Å²) in [6.07, 6.45) is 0. The topological polar surface area (TPSA) is 33.0 Å². The van der Waals surface area contributed by atoms with Crippen LogP contribution >= 0.6 is 31.9 Å². The van der Waals surface area contributed by atoms with E-state index in [4.69, 9.17) is 10.00 Å². The summed E-state index contributed by atoms with van der Waals surface area (Å²) in [7, 11) is 0. The molecule has 0 fully saturated rings. The van der Waals surface area contributed by atoms with Crippen LogP contribution in [0, 0.1) is 17.1 Å². The van der Waals surface area contributed by atoms with E-state index in [1.807, 2.05) is 18.2 Å². The van der Waals surface area contributed by atoms with Crippen LogP contribution in [-0.4, -0.2) is 0 Å². The van der Waals surface area contributed by atoms with E-state index in [1.165, 1.54) is 12.1 Å². The van der Waals surface area contributed by atoms with Gasteiger partial charge in [0, 0.05) is 15.4 Å². The third-order valence-corrected chi connectivity index (χ3v) is 3.57. The molecule has 0 spiro atoms. The minimum Gasteiger partial charge on any atom is -0.456 e. The van der Waals surface area contributed by atoms with Crippen LogP contribution in [0.2, 0.25) is 0 Å². The van der Waals surface area contributed by atoms with Gasteiger partial charge < -0.3 is 4.74 Å². The molecule has 96 valence electrons. The maximum atomic E-state index is 13.5. The largest absolute Gasteiger partial charge is 0.456 e. The van der Waals surface area contributed by atoms with Crippen molar-refractivity contribution in [3.63, 3.8) is 0 Å². The van der Waals surface area contributed by atoms with E-state index in [0.29, 0.717) is 11.1 Å². The predicted octanol–water partition coefficient (Wildman–Crippen LogP) is 5.15. The Hall–Kier alpha value is -1.38. The van der Waals surface area contributed by atoms with E-state index >= 15 is 0 Å². The number of halogens is 3. The molecule has 0 saturated heterocycles. The normalized spacial score (nSPS) is 10.0. The minimum absolute atomic E-state index is 0.0917. The fourth-order valence-electron chi connectivity index (χ4n) is 1.57. The summed E-state index contributed by atoms with van der Waals surface area (Å²) < 4.78 is 20.1. The van der Waals surface area contributed by atoms with E-state index in [0.717, 1.165) is 10.0 Å². The average Bonchev–Trinajstić information content (AvgIpc) is 2.41. The van der Waals surface area contributed by atoms with Gasteiger partial charge in [-0.3, -0.25) is 0 Å². The Morgan fingerprint density at radius 1 is 1.21 bits per heavy atom. The Labute approximate surface area is 127 Å². The third-order valence-electron chi connectivity index (χ3n) is 2.47. The molecule has 0 unspecified atom stereocenters. The number of nitrogens with zero attached hydrogens (tertiary/aromatic N) is 1. The summed E-state index contributed by atoms with van der Waals surface area (Å²) in [5.41, 5.74) is 0.813. The molecule has 2 aromatic carbocycles. The quantitative estimate of drug-likeness (QED) is 0.685. The Kier molecular flexibility index (Phi) is 4.56. The maximum absolute atomic E-state index is 13.5. The number of ether oxygens (including phenoxy) is 1. The maximum Gasteiger partial charge on any atom is 0.148 e. The highest BCUT2D eigenvalue weighted by atomic mass is 79.9. The lowest BCUT2D eigenvalue weighted by Gasteiger charge is -2.11. The summed E-state index contributed by atoms with van der Waals surface area (Å²) in [4.78, 5) is 0. The molecule has 5 heteroatoms. The van der Waals surface area contributed by atoms with Crippen molar-refractivity contribution in [2.75, 3.05) is 0 Å². The third kappa shape index (κ3) is 3.14. The molecule has 2 aromatic rings. The summed E-state index contributed by atoms with van der Waals surface area (Å²) in [6.45, 7) is 0. The Balaban J connectivity index is 2.42. The van der Waals surface area contributed by atoms with Crippen LogP contribution in [-0.2, 0) is 5.33 Å². The van der Waals surface area contributed by atoms with Crippen LogP contribution in [0.3, 0.4) is 0 Å².